The summed E-state index contributed by atoms with van der Waals surface area (Å²) in [4.78, 5) is 13.0. The highest BCUT2D eigenvalue weighted by Gasteiger charge is 2.44. The number of carbonyl (C=O) groups excluding carboxylic acids is 1. The summed E-state index contributed by atoms with van der Waals surface area (Å²) in [6.07, 6.45) is 47.7. The lowest BCUT2D eigenvalue weighted by atomic mass is 9.99. The Balaban J connectivity index is 2.27. The second kappa shape index (κ2) is 43.3. The van der Waals surface area contributed by atoms with Crippen LogP contribution >= 0.6 is 0 Å². The lowest BCUT2D eigenvalue weighted by molar-refractivity contribution is -0.302. The van der Waals surface area contributed by atoms with Gasteiger partial charge >= 0.3 is 0 Å². The van der Waals surface area contributed by atoms with Crippen LogP contribution in [0.2, 0.25) is 0 Å². The van der Waals surface area contributed by atoms with Gasteiger partial charge in [0.05, 0.1) is 25.4 Å². The second-order valence-corrected chi connectivity index (χ2v) is 18.3. The first kappa shape index (κ1) is 58.4. The van der Waals surface area contributed by atoms with Crippen molar-refractivity contribution in [3.8, 4) is 0 Å². The zero-order chi connectivity index (χ0) is 45.1. The Bertz CT molecular complexity index is 1070. The maximum Gasteiger partial charge on any atom is 0.220 e. The third-order valence-corrected chi connectivity index (χ3v) is 12.4. The summed E-state index contributed by atoms with van der Waals surface area (Å²) >= 11 is 0. The van der Waals surface area contributed by atoms with Crippen molar-refractivity contribution in [1.29, 1.82) is 0 Å². The van der Waals surface area contributed by atoms with Gasteiger partial charge in [0.25, 0.3) is 0 Å². The number of aliphatic hydroxyl groups excluding tert-OH is 5. The van der Waals surface area contributed by atoms with E-state index in [1.54, 1.807) is 6.08 Å². The Hall–Kier alpha value is -1.59. The van der Waals surface area contributed by atoms with E-state index in [0.717, 1.165) is 38.5 Å². The largest absolute Gasteiger partial charge is 0.394 e. The number of nitrogens with one attached hydrogen (secondary N) is 1. The standard InChI is InChI=1S/C53H99NO8/c1-3-5-7-9-11-13-15-17-19-20-21-22-23-24-25-26-27-29-31-33-35-37-39-41-43-49(57)54-46(45-61-53-52(60)51(59)50(58)48(44-55)62-53)47(56)42-40-38-36-34-32-30-28-18-16-14-12-10-8-6-4-2/h24-25,32,34,40,42,46-48,50-53,55-56,58-60H,3-23,26-31,33,35-39,41,43-45H2,1-2H3,(H,54,57)/b25-24-,34-32+,42-40+. The minimum atomic E-state index is -1.57. The highest BCUT2D eigenvalue weighted by Crippen LogP contribution is 2.23. The normalized spacial score (nSPS) is 20.5. The second-order valence-electron chi connectivity index (χ2n) is 18.3. The molecule has 0 spiro atoms. The van der Waals surface area contributed by atoms with Crippen LogP contribution in [0.1, 0.15) is 239 Å². The summed E-state index contributed by atoms with van der Waals surface area (Å²) < 4.78 is 11.2. The number of rotatable bonds is 44. The highest BCUT2D eigenvalue weighted by molar-refractivity contribution is 5.76. The number of amides is 1. The zero-order valence-electron chi connectivity index (χ0n) is 40.1. The van der Waals surface area contributed by atoms with Crippen molar-refractivity contribution in [2.75, 3.05) is 13.2 Å². The van der Waals surface area contributed by atoms with Crippen LogP contribution in [0, 0.1) is 0 Å². The molecule has 0 bridgehead atoms. The van der Waals surface area contributed by atoms with Crippen LogP contribution in [0.15, 0.2) is 36.5 Å². The van der Waals surface area contributed by atoms with Crippen molar-refractivity contribution >= 4 is 5.91 Å². The molecule has 1 saturated heterocycles. The van der Waals surface area contributed by atoms with Crippen molar-refractivity contribution in [3.05, 3.63) is 36.5 Å². The van der Waals surface area contributed by atoms with E-state index in [-0.39, 0.29) is 12.5 Å². The molecule has 0 saturated carbocycles. The average molecular weight is 878 g/mol. The Labute approximate surface area is 381 Å². The zero-order valence-corrected chi connectivity index (χ0v) is 40.1. The molecule has 1 aliphatic heterocycles. The van der Waals surface area contributed by atoms with Crippen LogP contribution in [0.5, 0.6) is 0 Å². The van der Waals surface area contributed by atoms with Crippen LogP contribution in [0.3, 0.4) is 0 Å². The SMILES string of the molecule is CCCCCCCCCCC/C=C/CC/C=C/C(O)C(COC1OC(CO)C(O)C(O)C1O)NC(=O)CCCCCCCCCC/C=C\CCCCCCCCCCCCCC. The number of unbranched alkanes of at least 4 members (excludes halogenated alkanes) is 30. The molecule has 364 valence electrons. The van der Waals surface area contributed by atoms with Gasteiger partial charge in [-0.15, -0.1) is 0 Å². The van der Waals surface area contributed by atoms with Gasteiger partial charge in [-0.2, -0.15) is 0 Å². The molecule has 1 fully saturated rings. The molecule has 6 N–H and O–H groups in total. The minimum absolute atomic E-state index is 0.189. The topological polar surface area (TPSA) is 149 Å². The Morgan fingerprint density at radius 1 is 0.532 bits per heavy atom. The smallest absolute Gasteiger partial charge is 0.220 e. The van der Waals surface area contributed by atoms with Crippen molar-refractivity contribution in [3.63, 3.8) is 0 Å². The van der Waals surface area contributed by atoms with Gasteiger partial charge in [0.15, 0.2) is 6.29 Å². The first-order chi connectivity index (χ1) is 30.3. The van der Waals surface area contributed by atoms with E-state index >= 15 is 0 Å². The van der Waals surface area contributed by atoms with Crippen molar-refractivity contribution < 1.29 is 39.8 Å². The number of hydrogen-bond acceptors (Lipinski definition) is 8. The van der Waals surface area contributed by atoms with Crippen LogP contribution < -0.4 is 5.32 Å². The molecular weight excluding hydrogens is 779 g/mol. The summed E-state index contributed by atoms with van der Waals surface area (Å²) in [7, 11) is 0. The van der Waals surface area contributed by atoms with Crippen molar-refractivity contribution in [2.24, 2.45) is 0 Å². The molecule has 0 aliphatic carbocycles. The number of aliphatic hydroxyl groups is 5. The summed E-state index contributed by atoms with van der Waals surface area (Å²) in [5.74, 6) is -0.189. The first-order valence-electron chi connectivity index (χ1n) is 26.2. The Morgan fingerprint density at radius 2 is 0.919 bits per heavy atom. The van der Waals surface area contributed by atoms with Crippen molar-refractivity contribution in [2.45, 2.75) is 281 Å². The molecule has 62 heavy (non-hydrogen) atoms. The van der Waals surface area contributed by atoms with E-state index in [9.17, 15) is 30.3 Å². The van der Waals surface area contributed by atoms with Crippen LogP contribution in [-0.2, 0) is 14.3 Å². The van der Waals surface area contributed by atoms with Gasteiger partial charge < -0.3 is 40.3 Å². The van der Waals surface area contributed by atoms with Gasteiger partial charge in [-0.1, -0.05) is 211 Å². The number of ether oxygens (including phenoxy) is 2. The molecule has 7 atom stereocenters. The molecule has 9 heteroatoms. The van der Waals surface area contributed by atoms with Gasteiger partial charge in [0, 0.05) is 6.42 Å². The molecule has 0 aromatic heterocycles. The predicted molar refractivity (Wildman–Crippen MR) is 258 cm³/mol. The van der Waals surface area contributed by atoms with Gasteiger partial charge in [-0.25, -0.2) is 0 Å². The summed E-state index contributed by atoms with van der Waals surface area (Å²) in [6, 6.07) is -0.822. The summed E-state index contributed by atoms with van der Waals surface area (Å²) in [6.45, 7) is 3.77. The van der Waals surface area contributed by atoms with Gasteiger partial charge in [0.1, 0.15) is 24.4 Å². The minimum Gasteiger partial charge on any atom is -0.394 e. The maximum atomic E-state index is 13.0. The fourth-order valence-corrected chi connectivity index (χ4v) is 8.23. The van der Waals surface area contributed by atoms with E-state index in [1.165, 1.54) is 180 Å². The summed E-state index contributed by atoms with van der Waals surface area (Å²) in [5.41, 5.74) is 0. The van der Waals surface area contributed by atoms with E-state index in [4.69, 9.17) is 9.47 Å². The monoisotopic (exact) mass is 878 g/mol. The highest BCUT2D eigenvalue weighted by atomic mass is 16.7. The maximum absolute atomic E-state index is 13.0. The van der Waals surface area contributed by atoms with Crippen molar-refractivity contribution in [1.82, 2.24) is 5.32 Å². The number of allylic oxidation sites excluding steroid dienone is 5. The van der Waals surface area contributed by atoms with E-state index < -0.39 is 49.5 Å². The molecule has 0 aromatic rings. The molecule has 0 radical (unpaired) electrons. The molecule has 1 amide bonds. The number of carbonyl (C=O) groups is 1. The number of hydrogen-bond donors (Lipinski definition) is 6. The molecule has 9 nitrogen and oxygen atoms in total. The average Bonchev–Trinajstić information content (AvgIpc) is 3.27. The summed E-state index contributed by atoms with van der Waals surface area (Å²) in [5, 5.41) is 54.3. The lowest BCUT2D eigenvalue weighted by Crippen LogP contribution is -2.60. The fraction of sp³-hybridized carbons (Fsp3) is 0.868. The van der Waals surface area contributed by atoms with Gasteiger partial charge in [-0.3, -0.25) is 4.79 Å². The van der Waals surface area contributed by atoms with E-state index in [1.807, 2.05) is 6.08 Å². The molecule has 7 unspecified atom stereocenters. The molecule has 1 aliphatic rings. The first-order valence-corrected chi connectivity index (χ1v) is 26.2. The third-order valence-electron chi connectivity index (χ3n) is 12.4. The van der Waals surface area contributed by atoms with Gasteiger partial charge in [0.2, 0.25) is 5.91 Å². The Kier molecular flexibility index (Phi) is 40.8. The molecule has 1 heterocycles. The van der Waals surface area contributed by atoms with Crippen LogP contribution in [0.4, 0.5) is 0 Å². The Morgan fingerprint density at radius 3 is 1.35 bits per heavy atom. The lowest BCUT2D eigenvalue weighted by Gasteiger charge is -2.40. The van der Waals surface area contributed by atoms with E-state index in [2.05, 4.69) is 43.5 Å². The van der Waals surface area contributed by atoms with Crippen LogP contribution in [-0.4, -0.2) is 87.5 Å². The fourth-order valence-electron chi connectivity index (χ4n) is 8.23. The predicted octanol–water partition coefficient (Wildman–Crippen LogP) is 12.0. The van der Waals surface area contributed by atoms with Gasteiger partial charge in [-0.05, 0) is 57.8 Å². The quantitative estimate of drug-likeness (QED) is 0.0262. The third kappa shape index (κ3) is 33.0. The molecular formula is C53H99NO8. The molecule has 1 rings (SSSR count). The van der Waals surface area contributed by atoms with Crippen LogP contribution in [0.25, 0.3) is 0 Å². The van der Waals surface area contributed by atoms with E-state index in [0.29, 0.717) is 6.42 Å². The molecule has 0 aromatic carbocycles.